The van der Waals surface area contributed by atoms with Crippen molar-refractivity contribution in [1.29, 1.82) is 0 Å². The van der Waals surface area contributed by atoms with E-state index in [1.54, 1.807) is 0 Å². The van der Waals surface area contributed by atoms with Crippen molar-refractivity contribution >= 4 is 44.3 Å². The molecular formula is C11H13Br2OP. The quantitative estimate of drug-likeness (QED) is 0.558. The smallest absolute Gasteiger partial charge is 0.118 e. The van der Waals surface area contributed by atoms with Gasteiger partial charge in [0.1, 0.15) is 7.14 Å². The van der Waals surface area contributed by atoms with Crippen LogP contribution in [0.5, 0.6) is 0 Å². The van der Waals surface area contributed by atoms with E-state index in [2.05, 4.69) is 38.8 Å². The molecule has 0 unspecified atom stereocenters. The van der Waals surface area contributed by atoms with E-state index < -0.39 is 7.14 Å². The Hall–Kier alpha value is 0.410. The van der Waals surface area contributed by atoms with E-state index in [1.165, 1.54) is 0 Å². The highest BCUT2D eigenvalue weighted by Crippen LogP contribution is 2.59. The Bertz CT molecular complexity index is 402. The number of benzene rings is 1. The van der Waals surface area contributed by atoms with Crippen molar-refractivity contribution < 1.29 is 4.57 Å². The molecule has 1 aromatic carbocycles. The van der Waals surface area contributed by atoms with E-state index in [0.29, 0.717) is 0 Å². The summed E-state index contributed by atoms with van der Waals surface area (Å²) in [5.74, 6) is 0. The van der Waals surface area contributed by atoms with E-state index in [4.69, 9.17) is 0 Å². The highest BCUT2D eigenvalue weighted by molar-refractivity contribution is 9.12. The minimum Gasteiger partial charge on any atom is -0.319 e. The Kier molecular flexibility index (Phi) is 3.18. The van der Waals surface area contributed by atoms with Gasteiger partial charge in [0.05, 0.1) is 0 Å². The molecule has 3 atom stereocenters. The second kappa shape index (κ2) is 4.01. The highest BCUT2D eigenvalue weighted by Gasteiger charge is 2.47. The first-order chi connectivity index (χ1) is 6.94. The molecule has 1 heterocycles. The van der Waals surface area contributed by atoms with Crippen LogP contribution in [0.4, 0.5) is 0 Å². The maximum Gasteiger partial charge on any atom is 0.118 e. The standard InChI is InChI=1S/C11H13Br2OP/c1-11(13)8-15(14,7-10(11)12)9-5-3-2-4-6-9/h2-6,10H,7-8H2,1H3/t10-,11-,15+/m0/s1. The van der Waals surface area contributed by atoms with Crippen molar-refractivity contribution in [2.45, 2.75) is 16.1 Å². The lowest BCUT2D eigenvalue weighted by Crippen LogP contribution is -2.25. The second-order valence-electron chi connectivity index (χ2n) is 4.31. The highest BCUT2D eigenvalue weighted by atomic mass is 79.9. The average molecular weight is 352 g/mol. The number of hydrogen-bond acceptors (Lipinski definition) is 1. The molecule has 0 N–H and O–H groups in total. The molecule has 1 saturated heterocycles. The van der Waals surface area contributed by atoms with Gasteiger partial charge in [-0.3, -0.25) is 0 Å². The SMILES string of the molecule is C[C@]1(Br)C[P@@](=O)(c2ccccc2)C[C@@H]1Br. The summed E-state index contributed by atoms with van der Waals surface area (Å²) in [6.07, 6.45) is 1.48. The monoisotopic (exact) mass is 350 g/mol. The Balaban J connectivity index is 2.36. The minimum absolute atomic E-state index is 0.0433. The first-order valence-electron chi connectivity index (χ1n) is 4.91. The number of alkyl halides is 2. The molecule has 1 aliphatic heterocycles. The first kappa shape index (κ1) is 11.9. The van der Waals surface area contributed by atoms with Crippen molar-refractivity contribution in [3.05, 3.63) is 30.3 Å². The molecule has 1 fully saturated rings. The number of rotatable bonds is 1. The Morgan fingerprint density at radius 3 is 2.47 bits per heavy atom. The molecule has 1 aliphatic rings. The van der Waals surface area contributed by atoms with E-state index in [-0.39, 0.29) is 9.15 Å². The molecule has 0 aromatic heterocycles. The van der Waals surface area contributed by atoms with Gasteiger partial charge in [0.2, 0.25) is 0 Å². The normalized spacial score (nSPS) is 40.6. The van der Waals surface area contributed by atoms with Crippen LogP contribution in [-0.2, 0) is 4.57 Å². The van der Waals surface area contributed by atoms with Crippen molar-refractivity contribution in [3.8, 4) is 0 Å². The van der Waals surface area contributed by atoms with Crippen LogP contribution < -0.4 is 5.30 Å². The molecule has 0 bridgehead atoms. The van der Waals surface area contributed by atoms with Gasteiger partial charge in [0.25, 0.3) is 0 Å². The summed E-state index contributed by atoms with van der Waals surface area (Å²) in [7, 11) is -2.19. The number of hydrogen-bond donors (Lipinski definition) is 0. The molecule has 0 amide bonds. The summed E-state index contributed by atoms with van der Waals surface area (Å²) in [6.45, 7) is 2.11. The van der Waals surface area contributed by atoms with Crippen LogP contribution in [0.15, 0.2) is 30.3 Å². The maximum atomic E-state index is 12.8. The molecule has 1 aromatic rings. The van der Waals surface area contributed by atoms with Gasteiger partial charge in [-0.05, 0) is 6.92 Å². The van der Waals surface area contributed by atoms with Crippen LogP contribution in [0.2, 0.25) is 0 Å². The van der Waals surface area contributed by atoms with Gasteiger partial charge in [-0.1, -0.05) is 62.2 Å². The largest absolute Gasteiger partial charge is 0.319 e. The van der Waals surface area contributed by atoms with Crippen LogP contribution in [0.25, 0.3) is 0 Å². The topological polar surface area (TPSA) is 17.1 Å². The van der Waals surface area contributed by atoms with Crippen molar-refractivity contribution in [2.75, 3.05) is 12.3 Å². The second-order valence-corrected chi connectivity index (χ2v) is 10.2. The van der Waals surface area contributed by atoms with E-state index in [0.717, 1.165) is 17.6 Å². The summed E-state index contributed by atoms with van der Waals surface area (Å²) >= 11 is 7.28. The van der Waals surface area contributed by atoms with Gasteiger partial charge in [0.15, 0.2) is 0 Å². The van der Waals surface area contributed by atoms with Gasteiger partial charge in [-0.25, -0.2) is 0 Å². The first-order valence-corrected chi connectivity index (χ1v) is 8.69. The number of halogens is 2. The maximum absolute atomic E-state index is 12.8. The minimum atomic E-state index is -2.19. The predicted molar refractivity (Wildman–Crippen MR) is 73.5 cm³/mol. The molecule has 0 radical (unpaired) electrons. The molecule has 0 aliphatic carbocycles. The summed E-state index contributed by atoms with van der Waals surface area (Å²) in [5.41, 5.74) is 0. The lowest BCUT2D eigenvalue weighted by atomic mass is 10.2. The fraction of sp³-hybridized carbons (Fsp3) is 0.455. The molecule has 0 saturated carbocycles. The van der Waals surface area contributed by atoms with E-state index in [1.807, 2.05) is 30.3 Å². The molecule has 0 spiro atoms. The summed E-state index contributed by atoms with van der Waals surface area (Å²) in [4.78, 5) is 0.288. The van der Waals surface area contributed by atoms with Gasteiger partial charge in [-0.2, -0.15) is 0 Å². The van der Waals surface area contributed by atoms with Crippen molar-refractivity contribution in [1.82, 2.24) is 0 Å². The van der Waals surface area contributed by atoms with E-state index in [9.17, 15) is 4.57 Å². The molecule has 82 valence electrons. The summed E-state index contributed by atoms with van der Waals surface area (Å²) in [6, 6.07) is 9.85. The Morgan fingerprint density at radius 2 is 2.00 bits per heavy atom. The fourth-order valence-electron chi connectivity index (χ4n) is 2.01. The third-order valence-corrected chi connectivity index (χ3v) is 9.98. The van der Waals surface area contributed by atoms with E-state index >= 15 is 0 Å². The lowest BCUT2D eigenvalue weighted by molar-refractivity contribution is 0.584. The van der Waals surface area contributed by atoms with Crippen LogP contribution in [0.1, 0.15) is 6.92 Å². The molecule has 4 heteroatoms. The average Bonchev–Trinajstić information content (AvgIpc) is 2.38. The summed E-state index contributed by atoms with van der Waals surface area (Å²) < 4.78 is 12.7. The van der Waals surface area contributed by atoms with Gasteiger partial charge in [-0.15, -0.1) is 0 Å². The van der Waals surface area contributed by atoms with Crippen molar-refractivity contribution in [2.24, 2.45) is 0 Å². The molecule has 15 heavy (non-hydrogen) atoms. The Morgan fingerprint density at radius 1 is 1.40 bits per heavy atom. The fourth-order valence-corrected chi connectivity index (χ4v) is 8.83. The van der Waals surface area contributed by atoms with Gasteiger partial charge >= 0.3 is 0 Å². The lowest BCUT2D eigenvalue weighted by Gasteiger charge is -2.18. The molecule has 2 rings (SSSR count). The zero-order chi connectivity index (χ0) is 11.1. The summed E-state index contributed by atoms with van der Waals surface area (Å²) in [5, 5.41) is 1.01. The zero-order valence-corrected chi connectivity index (χ0v) is 12.6. The van der Waals surface area contributed by atoms with Crippen molar-refractivity contribution in [3.63, 3.8) is 0 Å². The third-order valence-electron chi connectivity index (χ3n) is 2.90. The van der Waals surface area contributed by atoms with Gasteiger partial charge < -0.3 is 4.57 Å². The molecule has 1 nitrogen and oxygen atoms in total. The van der Waals surface area contributed by atoms with Gasteiger partial charge in [0, 0.05) is 26.8 Å². The Labute approximate surface area is 107 Å². The van der Waals surface area contributed by atoms with Crippen LogP contribution in [0.3, 0.4) is 0 Å². The van der Waals surface area contributed by atoms with Crippen LogP contribution in [0, 0.1) is 0 Å². The van der Waals surface area contributed by atoms with Crippen LogP contribution >= 0.6 is 39.0 Å². The zero-order valence-electron chi connectivity index (χ0n) is 8.49. The van der Waals surface area contributed by atoms with Crippen LogP contribution in [-0.4, -0.2) is 21.5 Å². The molecular weight excluding hydrogens is 339 g/mol. The third kappa shape index (κ3) is 2.25. The predicted octanol–water partition coefficient (Wildman–Crippen LogP) is 3.61.